The molecular formula is C15H22N2O4S. The van der Waals surface area contributed by atoms with Crippen LogP contribution in [0, 0.1) is 0 Å². The summed E-state index contributed by atoms with van der Waals surface area (Å²) in [6, 6.07) is 4.44. The van der Waals surface area contributed by atoms with E-state index in [4.69, 9.17) is 4.74 Å². The molecule has 1 aromatic carbocycles. The van der Waals surface area contributed by atoms with E-state index in [1.54, 1.807) is 14.1 Å². The van der Waals surface area contributed by atoms with Crippen LogP contribution >= 0.6 is 0 Å². The summed E-state index contributed by atoms with van der Waals surface area (Å²) in [6.07, 6.45) is 2.80. The number of benzene rings is 1. The van der Waals surface area contributed by atoms with Gasteiger partial charge < -0.3 is 9.64 Å². The van der Waals surface area contributed by atoms with Gasteiger partial charge in [-0.3, -0.25) is 4.79 Å². The third-order valence-corrected chi connectivity index (χ3v) is 5.65. The number of methoxy groups -OCH3 is 1. The monoisotopic (exact) mass is 326 g/mol. The Morgan fingerprint density at radius 2 is 1.82 bits per heavy atom. The van der Waals surface area contributed by atoms with E-state index < -0.39 is 10.0 Å². The minimum atomic E-state index is -3.56. The number of carbonyl (C=O) groups excluding carboxylic acids is 1. The highest BCUT2D eigenvalue weighted by atomic mass is 32.2. The summed E-state index contributed by atoms with van der Waals surface area (Å²) < 4.78 is 32.0. The van der Waals surface area contributed by atoms with Crippen LogP contribution in [0.15, 0.2) is 23.1 Å². The number of sulfonamides is 1. The van der Waals surface area contributed by atoms with E-state index in [2.05, 4.69) is 0 Å². The fourth-order valence-electron chi connectivity index (χ4n) is 2.51. The van der Waals surface area contributed by atoms with Gasteiger partial charge in [0.25, 0.3) is 5.91 Å². The second-order valence-electron chi connectivity index (χ2n) is 5.53. The molecule has 1 amide bonds. The van der Waals surface area contributed by atoms with E-state index in [0.29, 0.717) is 18.8 Å². The Kier molecular flexibility index (Phi) is 5.08. The highest BCUT2D eigenvalue weighted by Crippen LogP contribution is 2.26. The number of hydrogen-bond acceptors (Lipinski definition) is 4. The lowest BCUT2D eigenvalue weighted by Crippen LogP contribution is -2.35. The maximum atomic E-state index is 12.7. The summed E-state index contributed by atoms with van der Waals surface area (Å²) in [5.74, 6) is 0.0869. The predicted molar refractivity (Wildman–Crippen MR) is 83.6 cm³/mol. The van der Waals surface area contributed by atoms with Crippen LogP contribution < -0.4 is 4.74 Å². The average molecular weight is 326 g/mol. The first-order chi connectivity index (χ1) is 10.4. The molecule has 1 fully saturated rings. The second kappa shape index (κ2) is 6.66. The number of nitrogens with zero attached hydrogens (tertiary/aromatic N) is 2. The van der Waals surface area contributed by atoms with E-state index in [1.165, 1.54) is 34.5 Å². The Balaban J connectivity index is 2.43. The van der Waals surface area contributed by atoms with Crippen molar-refractivity contribution in [2.24, 2.45) is 0 Å². The highest BCUT2D eigenvalue weighted by Gasteiger charge is 2.27. The Morgan fingerprint density at radius 1 is 1.18 bits per heavy atom. The third kappa shape index (κ3) is 3.25. The average Bonchev–Trinajstić information content (AvgIpc) is 2.54. The molecule has 7 heteroatoms. The lowest BCUT2D eigenvalue weighted by Gasteiger charge is -2.26. The largest absolute Gasteiger partial charge is 0.496 e. The van der Waals surface area contributed by atoms with Crippen molar-refractivity contribution in [3.63, 3.8) is 0 Å². The van der Waals surface area contributed by atoms with Crippen molar-refractivity contribution in [3.05, 3.63) is 23.8 Å². The van der Waals surface area contributed by atoms with Gasteiger partial charge in [0.1, 0.15) is 5.75 Å². The molecule has 0 bridgehead atoms. The van der Waals surface area contributed by atoms with Gasteiger partial charge in [-0.2, -0.15) is 4.31 Å². The Bertz CT molecular complexity index is 650. The molecule has 22 heavy (non-hydrogen) atoms. The van der Waals surface area contributed by atoms with Crippen LogP contribution in [-0.4, -0.2) is 57.8 Å². The van der Waals surface area contributed by atoms with Gasteiger partial charge in [0.15, 0.2) is 0 Å². The van der Waals surface area contributed by atoms with Crippen molar-refractivity contribution in [2.75, 3.05) is 34.3 Å². The van der Waals surface area contributed by atoms with Crippen LogP contribution in [0.4, 0.5) is 0 Å². The number of hydrogen-bond donors (Lipinski definition) is 0. The molecule has 0 spiro atoms. The molecule has 0 N–H and O–H groups in total. The number of piperidine rings is 1. The van der Waals surface area contributed by atoms with E-state index in [0.717, 1.165) is 19.3 Å². The number of amides is 1. The van der Waals surface area contributed by atoms with Crippen molar-refractivity contribution in [3.8, 4) is 5.75 Å². The van der Waals surface area contributed by atoms with E-state index in [1.807, 2.05) is 0 Å². The quantitative estimate of drug-likeness (QED) is 0.842. The van der Waals surface area contributed by atoms with Gasteiger partial charge in [0, 0.05) is 27.2 Å². The van der Waals surface area contributed by atoms with E-state index >= 15 is 0 Å². The molecule has 122 valence electrons. The first kappa shape index (κ1) is 16.8. The summed E-state index contributed by atoms with van der Waals surface area (Å²) in [7, 11) is 1.13. The lowest BCUT2D eigenvalue weighted by molar-refractivity contribution is 0.0824. The number of rotatable bonds is 4. The van der Waals surface area contributed by atoms with Crippen LogP contribution in [0.3, 0.4) is 0 Å². The zero-order valence-electron chi connectivity index (χ0n) is 13.2. The Labute approximate surface area is 131 Å². The minimum Gasteiger partial charge on any atom is -0.496 e. The molecule has 6 nitrogen and oxygen atoms in total. The normalized spacial score (nSPS) is 16.3. The number of carbonyl (C=O) groups is 1. The van der Waals surface area contributed by atoms with Crippen LogP contribution in [0.2, 0.25) is 0 Å². The fourth-order valence-corrected chi connectivity index (χ4v) is 4.05. The van der Waals surface area contributed by atoms with Crippen LogP contribution in [0.1, 0.15) is 29.6 Å². The van der Waals surface area contributed by atoms with Crippen LogP contribution in [-0.2, 0) is 10.0 Å². The van der Waals surface area contributed by atoms with Gasteiger partial charge in [0.2, 0.25) is 10.0 Å². The van der Waals surface area contributed by atoms with Crippen molar-refractivity contribution in [1.82, 2.24) is 9.21 Å². The molecule has 1 aromatic rings. The second-order valence-corrected chi connectivity index (χ2v) is 7.46. The molecule has 0 radical (unpaired) electrons. The molecule has 1 heterocycles. The smallest absolute Gasteiger partial charge is 0.257 e. The van der Waals surface area contributed by atoms with Gasteiger partial charge >= 0.3 is 0 Å². The summed E-state index contributed by atoms with van der Waals surface area (Å²) in [4.78, 5) is 13.8. The van der Waals surface area contributed by atoms with Gasteiger partial charge in [-0.05, 0) is 31.0 Å². The molecule has 0 unspecified atom stereocenters. The van der Waals surface area contributed by atoms with E-state index in [9.17, 15) is 13.2 Å². The standard InChI is InChI=1S/C15H22N2O4S/c1-16(2)15(18)13-11-12(7-8-14(13)21-3)22(19,20)17-9-5-4-6-10-17/h7-8,11H,4-6,9-10H2,1-3H3. The molecule has 0 aromatic heterocycles. The third-order valence-electron chi connectivity index (χ3n) is 3.76. The minimum absolute atomic E-state index is 0.139. The molecule has 0 atom stereocenters. The molecule has 2 rings (SSSR count). The van der Waals surface area contributed by atoms with Crippen molar-refractivity contribution in [2.45, 2.75) is 24.2 Å². The maximum absolute atomic E-state index is 12.7. The molecule has 1 aliphatic heterocycles. The predicted octanol–water partition coefficient (Wildman–Crippen LogP) is 1.57. The molecule has 1 saturated heterocycles. The van der Waals surface area contributed by atoms with Gasteiger partial charge in [-0.25, -0.2) is 8.42 Å². The number of ether oxygens (including phenoxy) is 1. The van der Waals surface area contributed by atoms with Crippen LogP contribution in [0.5, 0.6) is 5.75 Å². The zero-order valence-corrected chi connectivity index (χ0v) is 14.0. The lowest BCUT2D eigenvalue weighted by atomic mass is 10.2. The first-order valence-corrected chi connectivity index (χ1v) is 8.72. The Hall–Kier alpha value is -1.60. The van der Waals surface area contributed by atoms with E-state index in [-0.39, 0.29) is 16.4 Å². The molecule has 0 aliphatic carbocycles. The summed E-state index contributed by atoms with van der Waals surface area (Å²) in [6.45, 7) is 1.07. The SMILES string of the molecule is COc1ccc(S(=O)(=O)N2CCCCC2)cc1C(=O)N(C)C. The summed E-state index contributed by atoms with van der Waals surface area (Å²) >= 11 is 0. The van der Waals surface area contributed by atoms with Crippen LogP contribution in [0.25, 0.3) is 0 Å². The van der Waals surface area contributed by atoms with Crippen molar-refractivity contribution in [1.29, 1.82) is 0 Å². The Morgan fingerprint density at radius 3 is 2.36 bits per heavy atom. The van der Waals surface area contributed by atoms with Crippen molar-refractivity contribution < 1.29 is 17.9 Å². The first-order valence-electron chi connectivity index (χ1n) is 7.28. The summed E-state index contributed by atoms with van der Waals surface area (Å²) in [5, 5.41) is 0. The summed E-state index contributed by atoms with van der Waals surface area (Å²) in [5.41, 5.74) is 0.255. The fraction of sp³-hybridized carbons (Fsp3) is 0.533. The highest BCUT2D eigenvalue weighted by molar-refractivity contribution is 7.89. The van der Waals surface area contributed by atoms with Gasteiger partial charge in [-0.15, -0.1) is 0 Å². The molecule has 1 aliphatic rings. The topological polar surface area (TPSA) is 66.9 Å². The zero-order chi connectivity index (χ0) is 16.3. The molecule has 0 saturated carbocycles. The molecular weight excluding hydrogens is 304 g/mol. The van der Waals surface area contributed by atoms with Crippen molar-refractivity contribution >= 4 is 15.9 Å². The maximum Gasteiger partial charge on any atom is 0.257 e. The van der Waals surface area contributed by atoms with Gasteiger partial charge in [0.05, 0.1) is 17.6 Å². The van der Waals surface area contributed by atoms with Gasteiger partial charge in [-0.1, -0.05) is 6.42 Å².